The van der Waals surface area contributed by atoms with Crippen LogP contribution in [0.5, 0.6) is 11.6 Å². The fraction of sp³-hybridized carbons (Fsp3) is 0.318. The molecule has 2 N–H and O–H groups in total. The summed E-state index contributed by atoms with van der Waals surface area (Å²) in [6, 6.07) is 9.61. The molecule has 158 valence electrons. The number of nitrogens with zero attached hydrogens (tertiary/aromatic N) is 4. The van der Waals surface area contributed by atoms with Gasteiger partial charge in [-0.05, 0) is 38.5 Å². The fourth-order valence-corrected chi connectivity index (χ4v) is 2.97. The number of ether oxygens (including phenoxy) is 1. The van der Waals surface area contributed by atoms with Gasteiger partial charge in [0.25, 0.3) is 0 Å². The maximum atomic E-state index is 13.3. The average Bonchev–Trinajstić information content (AvgIpc) is 2.96. The second kappa shape index (κ2) is 9.87. The highest BCUT2D eigenvalue weighted by molar-refractivity contribution is 5.79. The SMILES string of the molecule is CCNC(=NCc1ccc(Oc2cccc(F)c2)nc1)NCc1c(C)nn(C)c1C. The van der Waals surface area contributed by atoms with Crippen molar-refractivity contribution in [3.8, 4) is 11.6 Å². The number of pyridine rings is 1. The Morgan fingerprint density at radius 3 is 2.67 bits per heavy atom. The van der Waals surface area contributed by atoms with Gasteiger partial charge < -0.3 is 15.4 Å². The highest BCUT2D eigenvalue weighted by Crippen LogP contribution is 2.20. The van der Waals surface area contributed by atoms with Crippen LogP contribution in [-0.2, 0) is 20.1 Å². The smallest absolute Gasteiger partial charge is 0.219 e. The van der Waals surface area contributed by atoms with Gasteiger partial charge in [-0.2, -0.15) is 5.10 Å². The van der Waals surface area contributed by atoms with E-state index in [0.29, 0.717) is 24.7 Å². The van der Waals surface area contributed by atoms with E-state index in [1.165, 1.54) is 17.7 Å². The van der Waals surface area contributed by atoms with Gasteiger partial charge in [-0.25, -0.2) is 14.4 Å². The lowest BCUT2D eigenvalue weighted by molar-refractivity contribution is 0.457. The van der Waals surface area contributed by atoms with Gasteiger partial charge in [0, 0.05) is 49.7 Å². The zero-order chi connectivity index (χ0) is 21.5. The van der Waals surface area contributed by atoms with Crippen LogP contribution in [-0.4, -0.2) is 27.3 Å². The van der Waals surface area contributed by atoms with Gasteiger partial charge in [0.15, 0.2) is 5.96 Å². The number of hydrogen-bond donors (Lipinski definition) is 2. The molecule has 0 aliphatic carbocycles. The zero-order valence-electron chi connectivity index (χ0n) is 17.7. The number of aromatic nitrogens is 3. The lowest BCUT2D eigenvalue weighted by Crippen LogP contribution is -2.37. The molecule has 0 aliphatic rings. The predicted octanol–water partition coefficient (Wildman–Crippen LogP) is 3.62. The predicted molar refractivity (Wildman–Crippen MR) is 115 cm³/mol. The molecular formula is C22H27FN6O. The van der Waals surface area contributed by atoms with E-state index in [0.717, 1.165) is 29.5 Å². The van der Waals surface area contributed by atoms with E-state index < -0.39 is 0 Å². The monoisotopic (exact) mass is 410 g/mol. The number of guanidine groups is 1. The molecule has 2 aromatic heterocycles. The maximum absolute atomic E-state index is 13.3. The minimum atomic E-state index is -0.349. The van der Waals surface area contributed by atoms with Crippen molar-refractivity contribution < 1.29 is 9.13 Å². The van der Waals surface area contributed by atoms with Crippen molar-refractivity contribution in [1.29, 1.82) is 0 Å². The number of halogens is 1. The third-order valence-corrected chi connectivity index (χ3v) is 4.67. The van der Waals surface area contributed by atoms with Crippen LogP contribution in [0.25, 0.3) is 0 Å². The van der Waals surface area contributed by atoms with E-state index in [9.17, 15) is 4.39 Å². The summed E-state index contributed by atoms with van der Waals surface area (Å²) in [4.78, 5) is 8.91. The van der Waals surface area contributed by atoms with Gasteiger partial charge in [-0.1, -0.05) is 12.1 Å². The molecule has 0 saturated carbocycles. The van der Waals surface area contributed by atoms with Gasteiger partial charge in [-0.3, -0.25) is 4.68 Å². The molecule has 3 rings (SSSR count). The minimum absolute atomic E-state index is 0.349. The van der Waals surface area contributed by atoms with Crippen LogP contribution in [0.3, 0.4) is 0 Å². The molecule has 8 heteroatoms. The van der Waals surface area contributed by atoms with Crippen LogP contribution in [0.2, 0.25) is 0 Å². The summed E-state index contributed by atoms with van der Waals surface area (Å²) in [6.07, 6.45) is 1.71. The van der Waals surface area contributed by atoms with Gasteiger partial charge in [0.1, 0.15) is 11.6 Å². The molecule has 0 radical (unpaired) electrons. The third kappa shape index (κ3) is 5.56. The molecule has 2 heterocycles. The molecule has 0 saturated heterocycles. The maximum Gasteiger partial charge on any atom is 0.219 e. The largest absolute Gasteiger partial charge is 0.439 e. The molecular weight excluding hydrogens is 383 g/mol. The van der Waals surface area contributed by atoms with E-state index in [-0.39, 0.29) is 5.82 Å². The molecule has 0 atom stereocenters. The Kier molecular flexibility index (Phi) is 7.00. The summed E-state index contributed by atoms with van der Waals surface area (Å²) in [5, 5.41) is 11.1. The molecule has 0 bridgehead atoms. The average molecular weight is 410 g/mol. The first-order valence-electron chi connectivity index (χ1n) is 9.86. The highest BCUT2D eigenvalue weighted by Gasteiger charge is 2.09. The molecule has 0 aliphatic heterocycles. The van der Waals surface area contributed by atoms with E-state index in [1.54, 1.807) is 24.4 Å². The van der Waals surface area contributed by atoms with Crippen molar-refractivity contribution in [2.24, 2.45) is 12.0 Å². The fourth-order valence-electron chi connectivity index (χ4n) is 2.97. The first kappa shape index (κ1) is 21.3. The number of nitrogens with one attached hydrogen (secondary N) is 2. The molecule has 1 aromatic carbocycles. The summed E-state index contributed by atoms with van der Waals surface area (Å²) >= 11 is 0. The zero-order valence-corrected chi connectivity index (χ0v) is 17.7. The third-order valence-electron chi connectivity index (χ3n) is 4.67. The molecule has 0 spiro atoms. The summed E-state index contributed by atoms with van der Waals surface area (Å²) in [5.41, 5.74) is 4.25. The first-order valence-corrected chi connectivity index (χ1v) is 9.86. The number of rotatable bonds is 7. The summed E-state index contributed by atoms with van der Waals surface area (Å²) in [6.45, 7) is 7.96. The van der Waals surface area contributed by atoms with Gasteiger partial charge >= 0.3 is 0 Å². The van der Waals surface area contributed by atoms with Gasteiger partial charge in [0.05, 0.1) is 12.2 Å². The Labute approximate surface area is 176 Å². The van der Waals surface area contributed by atoms with Gasteiger partial charge in [0.2, 0.25) is 5.88 Å². The van der Waals surface area contributed by atoms with Crippen molar-refractivity contribution in [2.75, 3.05) is 6.54 Å². The summed E-state index contributed by atoms with van der Waals surface area (Å²) in [7, 11) is 1.94. The van der Waals surface area contributed by atoms with E-state index >= 15 is 0 Å². The van der Waals surface area contributed by atoms with Crippen LogP contribution in [0.15, 0.2) is 47.6 Å². The summed E-state index contributed by atoms with van der Waals surface area (Å²) in [5.74, 6) is 1.19. The van der Waals surface area contributed by atoms with Crippen LogP contribution in [0.4, 0.5) is 4.39 Å². The number of hydrogen-bond acceptors (Lipinski definition) is 4. The van der Waals surface area contributed by atoms with Crippen LogP contribution < -0.4 is 15.4 Å². The van der Waals surface area contributed by atoms with Crippen molar-refractivity contribution in [3.63, 3.8) is 0 Å². The quantitative estimate of drug-likeness (QED) is 0.460. The normalized spacial score (nSPS) is 11.4. The lowest BCUT2D eigenvalue weighted by atomic mass is 10.2. The van der Waals surface area contributed by atoms with Crippen molar-refractivity contribution in [3.05, 3.63) is 70.9 Å². The topological polar surface area (TPSA) is 76.4 Å². The second-order valence-corrected chi connectivity index (χ2v) is 6.89. The van der Waals surface area contributed by atoms with Crippen LogP contribution >= 0.6 is 0 Å². The number of aryl methyl sites for hydroxylation is 2. The minimum Gasteiger partial charge on any atom is -0.439 e. The first-order chi connectivity index (χ1) is 14.5. The van der Waals surface area contributed by atoms with Gasteiger partial charge in [-0.15, -0.1) is 0 Å². The number of aliphatic imine (C=N–C) groups is 1. The van der Waals surface area contributed by atoms with E-state index in [4.69, 9.17) is 4.74 Å². The Hall–Kier alpha value is -3.42. The standard InChI is InChI=1S/C22H27FN6O/c1-5-24-22(27-14-20-15(2)28-29(4)16(20)3)26-13-17-9-10-21(25-12-17)30-19-8-6-7-18(23)11-19/h6-12H,5,13-14H2,1-4H3,(H2,24,26,27). The highest BCUT2D eigenvalue weighted by atomic mass is 19.1. The Morgan fingerprint density at radius 1 is 1.20 bits per heavy atom. The Balaban J connectivity index is 1.61. The molecule has 0 unspecified atom stereocenters. The van der Waals surface area contributed by atoms with Crippen LogP contribution in [0.1, 0.15) is 29.4 Å². The van der Waals surface area contributed by atoms with Crippen molar-refractivity contribution in [1.82, 2.24) is 25.4 Å². The Morgan fingerprint density at radius 2 is 2.03 bits per heavy atom. The second-order valence-electron chi connectivity index (χ2n) is 6.89. The summed E-state index contributed by atoms with van der Waals surface area (Å²) < 4.78 is 20.7. The van der Waals surface area contributed by atoms with E-state index in [1.807, 2.05) is 31.6 Å². The number of benzene rings is 1. The molecule has 3 aromatic rings. The van der Waals surface area contributed by atoms with Crippen LogP contribution in [0, 0.1) is 19.7 Å². The Bertz CT molecular complexity index is 1010. The molecule has 7 nitrogen and oxygen atoms in total. The molecule has 30 heavy (non-hydrogen) atoms. The van der Waals surface area contributed by atoms with Crippen molar-refractivity contribution >= 4 is 5.96 Å². The molecule has 0 amide bonds. The van der Waals surface area contributed by atoms with E-state index in [2.05, 4.69) is 32.6 Å². The molecule has 0 fully saturated rings. The van der Waals surface area contributed by atoms with Crippen molar-refractivity contribution in [2.45, 2.75) is 33.9 Å². The lowest BCUT2D eigenvalue weighted by Gasteiger charge is -2.12.